The monoisotopic (exact) mass is 241 g/mol. The van der Waals surface area contributed by atoms with Crippen LogP contribution >= 0.6 is 11.3 Å². The van der Waals surface area contributed by atoms with Crippen molar-refractivity contribution < 1.29 is 0 Å². The highest BCUT2D eigenvalue weighted by Crippen LogP contribution is 2.10. The Morgan fingerprint density at radius 2 is 2.06 bits per heavy atom. The van der Waals surface area contributed by atoms with Crippen molar-refractivity contribution in [2.75, 3.05) is 13.1 Å². The summed E-state index contributed by atoms with van der Waals surface area (Å²) >= 11 is 1.73. The fraction of sp³-hybridized carbons (Fsp3) is 0.750. The molecule has 0 saturated heterocycles. The van der Waals surface area contributed by atoms with Crippen LogP contribution in [0.3, 0.4) is 0 Å². The Balaban J connectivity index is 2.03. The Bertz CT molecular complexity index is 301. The van der Waals surface area contributed by atoms with Gasteiger partial charge in [0.2, 0.25) is 0 Å². The average molecular weight is 241 g/mol. The number of rotatable bonds is 6. The zero-order valence-electron chi connectivity index (χ0n) is 10.8. The Kier molecular flexibility index (Phi) is 5.38. The lowest BCUT2D eigenvalue weighted by atomic mass is 10.1. The van der Waals surface area contributed by atoms with Crippen LogP contribution in [-0.2, 0) is 6.54 Å². The number of aromatic nitrogens is 1. The summed E-state index contributed by atoms with van der Waals surface area (Å²) in [6.45, 7) is 11.7. The summed E-state index contributed by atoms with van der Waals surface area (Å²) in [5.41, 5.74) is 3.30. The van der Waals surface area contributed by atoms with Gasteiger partial charge in [-0.3, -0.25) is 0 Å². The van der Waals surface area contributed by atoms with Gasteiger partial charge in [0.05, 0.1) is 11.2 Å². The Hall–Kier alpha value is -0.450. The first-order valence-electron chi connectivity index (χ1n) is 5.84. The minimum Gasteiger partial charge on any atom is -0.312 e. The topological polar surface area (TPSA) is 37.0 Å². The molecular formula is C12H23N3S. The molecule has 1 heterocycles. The predicted molar refractivity (Wildman–Crippen MR) is 70.9 cm³/mol. The Morgan fingerprint density at radius 1 is 1.31 bits per heavy atom. The second kappa shape index (κ2) is 6.33. The van der Waals surface area contributed by atoms with E-state index in [1.165, 1.54) is 4.88 Å². The zero-order chi connectivity index (χ0) is 12.0. The molecule has 0 amide bonds. The van der Waals surface area contributed by atoms with Crippen molar-refractivity contribution in [2.45, 2.75) is 46.2 Å². The molecule has 92 valence electrons. The van der Waals surface area contributed by atoms with Gasteiger partial charge in [0.15, 0.2) is 0 Å². The van der Waals surface area contributed by atoms with Crippen molar-refractivity contribution in [3.8, 4) is 0 Å². The summed E-state index contributed by atoms with van der Waals surface area (Å²) in [7, 11) is 0. The largest absolute Gasteiger partial charge is 0.312 e. The summed E-state index contributed by atoms with van der Waals surface area (Å²) in [5.74, 6) is 0. The molecule has 0 aliphatic rings. The Labute approximate surface area is 103 Å². The highest BCUT2D eigenvalue weighted by Gasteiger charge is 2.06. The minimum atomic E-state index is 0.230. The van der Waals surface area contributed by atoms with E-state index >= 15 is 0 Å². The Morgan fingerprint density at radius 3 is 2.62 bits per heavy atom. The third kappa shape index (κ3) is 5.58. The molecule has 3 nitrogen and oxygen atoms in total. The van der Waals surface area contributed by atoms with Crippen molar-refractivity contribution in [1.29, 1.82) is 0 Å². The third-order valence-corrected chi connectivity index (χ3v) is 3.25. The van der Waals surface area contributed by atoms with E-state index in [9.17, 15) is 0 Å². The second-order valence-electron chi connectivity index (χ2n) is 5.07. The van der Waals surface area contributed by atoms with Gasteiger partial charge < -0.3 is 10.6 Å². The van der Waals surface area contributed by atoms with E-state index < -0.39 is 0 Å². The fourth-order valence-electron chi connectivity index (χ4n) is 1.37. The molecule has 0 atom stereocenters. The molecular weight excluding hydrogens is 218 g/mol. The quantitative estimate of drug-likeness (QED) is 0.751. The van der Waals surface area contributed by atoms with E-state index in [4.69, 9.17) is 0 Å². The second-order valence-corrected chi connectivity index (χ2v) is 6.01. The first-order valence-corrected chi connectivity index (χ1v) is 6.72. The molecule has 16 heavy (non-hydrogen) atoms. The molecule has 0 aromatic carbocycles. The van der Waals surface area contributed by atoms with Crippen LogP contribution in [0, 0.1) is 6.92 Å². The molecule has 0 aliphatic carbocycles. The number of nitrogens with zero attached hydrogens (tertiary/aromatic N) is 1. The van der Waals surface area contributed by atoms with Crippen LogP contribution in [0.2, 0.25) is 0 Å². The first-order chi connectivity index (χ1) is 7.49. The number of hydrogen-bond donors (Lipinski definition) is 2. The van der Waals surface area contributed by atoms with E-state index in [2.05, 4.69) is 43.3 Å². The number of aryl methyl sites for hydroxylation is 1. The van der Waals surface area contributed by atoms with Crippen LogP contribution in [0.15, 0.2) is 5.51 Å². The maximum absolute atomic E-state index is 4.23. The number of thiazole rings is 1. The molecule has 4 heteroatoms. The van der Waals surface area contributed by atoms with Crippen LogP contribution in [0.1, 0.15) is 37.8 Å². The van der Waals surface area contributed by atoms with Crippen molar-refractivity contribution in [1.82, 2.24) is 15.6 Å². The molecule has 1 aromatic rings. The van der Waals surface area contributed by atoms with Gasteiger partial charge in [-0.05, 0) is 47.2 Å². The standard InChI is InChI=1S/C12H23N3S/c1-10-11(16-9-14-10)8-13-6-5-7-15-12(2,3)4/h9,13,15H,5-8H2,1-4H3. The fourth-order valence-corrected chi connectivity index (χ4v) is 2.12. The zero-order valence-corrected chi connectivity index (χ0v) is 11.6. The lowest BCUT2D eigenvalue weighted by molar-refractivity contribution is 0.418. The molecule has 0 bridgehead atoms. The van der Waals surface area contributed by atoms with Crippen LogP contribution < -0.4 is 10.6 Å². The molecule has 0 saturated carbocycles. The van der Waals surface area contributed by atoms with Crippen molar-refractivity contribution in [3.05, 3.63) is 16.1 Å². The van der Waals surface area contributed by atoms with Gasteiger partial charge in [-0.2, -0.15) is 0 Å². The van der Waals surface area contributed by atoms with E-state index in [0.29, 0.717) is 0 Å². The van der Waals surface area contributed by atoms with Crippen molar-refractivity contribution in [3.63, 3.8) is 0 Å². The van der Waals surface area contributed by atoms with Crippen LogP contribution in [-0.4, -0.2) is 23.6 Å². The molecule has 1 aromatic heterocycles. The molecule has 0 spiro atoms. The summed E-state index contributed by atoms with van der Waals surface area (Å²) in [4.78, 5) is 5.58. The molecule has 0 radical (unpaired) electrons. The third-order valence-electron chi connectivity index (χ3n) is 2.32. The van der Waals surface area contributed by atoms with Crippen LogP contribution in [0.25, 0.3) is 0 Å². The smallest absolute Gasteiger partial charge is 0.0798 e. The van der Waals surface area contributed by atoms with Gasteiger partial charge in [-0.1, -0.05) is 0 Å². The normalized spacial score (nSPS) is 12.0. The van der Waals surface area contributed by atoms with E-state index in [1.807, 2.05) is 5.51 Å². The van der Waals surface area contributed by atoms with Crippen molar-refractivity contribution in [2.24, 2.45) is 0 Å². The average Bonchev–Trinajstić information content (AvgIpc) is 2.56. The molecule has 0 aliphatic heterocycles. The number of hydrogen-bond acceptors (Lipinski definition) is 4. The van der Waals surface area contributed by atoms with Gasteiger partial charge in [0, 0.05) is 17.0 Å². The van der Waals surface area contributed by atoms with Gasteiger partial charge >= 0.3 is 0 Å². The SMILES string of the molecule is Cc1ncsc1CNCCCNC(C)(C)C. The first kappa shape index (κ1) is 13.6. The molecule has 0 fully saturated rings. The van der Waals surface area contributed by atoms with E-state index in [-0.39, 0.29) is 5.54 Å². The van der Waals surface area contributed by atoms with Gasteiger partial charge in [-0.15, -0.1) is 11.3 Å². The lowest BCUT2D eigenvalue weighted by Gasteiger charge is -2.20. The maximum atomic E-state index is 4.23. The van der Waals surface area contributed by atoms with Crippen molar-refractivity contribution >= 4 is 11.3 Å². The highest BCUT2D eigenvalue weighted by atomic mass is 32.1. The summed E-state index contributed by atoms with van der Waals surface area (Å²) in [6, 6.07) is 0. The lowest BCUT2D eigenvalue weighted by Crippen LogP contribution is -2.37. The van der Waals surface area contributed by atoms with E-state index in [1.54, 1.807) is 11.3 Å². The van der Waals surface area contributed by atoms with E-state index in [0.717, 1.165) is 31.7 Å². The summed E-state index contributed by atoms with van der Waals surface area (Å²) < 4.78 is 0. The van der Waals surface area contributed by atoms with Gasteiger partial charge in [0.25, 0.3) is 0 Å². The predicted octanol–water partition coefficient (Wildman–Crippen LogP) is 2.32. The highest BCUT2D eigenvalue weighted by molar-refractivity contribution is 7.09. The van der Waals surface area contributed by atoms with Gasteiger partial charge in [0.1, 0.15) is 0 Å². The summed E-state index contributed by atoms with van der Waals surface area (Å²) in [5, 5.41) is 6.92. The van der Waals surface area contributed by atoms with Crippen LogP contribution in [0.4, 0.5) is 0 Å². The number of nitrogens with one attached hydrogen (secondary N) is 2. The summed E-state index contributed by atoms with van der Waals surface area (Å²) in [6.07, 6.45) is 1.16. The molecule has 0 unspecified atom stereocenters. The van der Waals surface area contributed by atoms with Gasteiger partial charge in [-0.25, -0.2) is 4.98 Å². The maximum Gasteiger partial charge on any atom is 0.0798 e. The molecule has 2 N–H and O–H groups in total. The van der Waals surface area contributed by atoms with Crippen LogP contribution in [0.5, 0.6) is 0 Å². The molecule has 1 rings (SSSR count). The minimum absolute atomic E-state index is 0.230.